The average molecular weight is 407 g/mol. The molecule has 2 rings (SSSR count). The summed E-state index contributed by atoms with van der Waals surface area (Å²) in [5.74, 6) is -6.08. The first-order valence-electron chi connectivity index (χ1n) is 7.67. The Morgan fingerprint density at radius 3 is 2.32 bits per heavy atom. The third-order valence-corrected chi connectivity index (χ3v) is 5.45. The van der Waals surface area contributed by atoms with Crippen LogP contribution in [-0.2, 0) is 14.7 Å². The highest BCUT2D eigenvalue weighted by atomic mass is 35.5. The Hall–Kier alpha value is -0.900. The van der Waals surface area contributed by atoms with Crippen LogP contribution < -0.4 is 4.74 Å². The Kier molecular flexibility index (Phi) is 6.69. The fourth-order valence-corrected chi connectivity index (χ4v) is 4.13. The minimum atomic E-state index is -4.92. The van der Waals surface area contributed by atoms with Crippen molar-refractivity contribution in [2.45, 2.75) is 50.2 Å². The smallest absolute Gasteiger partial charge is 0.321 e. The molecule has 4 nitrogen and oxygen atoms in total. The van der Waals surface area contributed by atoms with Crippen molar-refractivity contribution in [3.8, 4) is 5.75 Å². The van der Waals surface area contributed by atoms with Gasteiger partial charge in [-0.1, -0.05) is 18.0 Å². The van der Waals surface area contributed by atoms with E-state index in [0.29, 0.717) is 30.0 Å². The molecule has 1 aliphatic carbocycles. The third-order valence-electron chi connectivity index (χ3n) is 3.77. The van der Waals surface area contributed by atoms with Gasteiger partial charge >= 0.3 is 12.3 Å². The van der Waals surface area contributed by atoms with Crippen molar-refractivity contribution in [2.75, 3.05) is 5.75 Å². The highest BCUT2D eigenvalue weighted by molar-refractivity contribution is 7.93. The summed E-state index contributed by atoms with van der Waals surface area (Å²) in [6.07, 6.45) is -3.41. The third kappa shape index (κ3) is 6.09. The van der Waals surface area contributed by atoms with E-state index in [0.717, 1.165) is 6.42 Å². The largest absolute Gasteiger partial charge is 0.488 e. The number of hydrogen-bond acceptors (Lipinski definition) is 3. The number of halogens is 5. The Bertz CT molecular complexity index is 614. The monoisotopic (exact) mass is 406 g/mol. The second-order valence-corrected chi connectivity index (χ2v) is 8.13. The van der Waals surface area contributed by atoms with Crippen LogP contribution in [0, 0.1) is 0 Å². The lowest BCUT2D eigenvalue weighted by Gasteiger charge is -2.35. The molecule has 0 unspecified atom stereocenters. The first-order chi connectivity index (χ1) is 11.6. The molecule has 10 heteroatoms. The van der Waals surface area contributed by atoms with E-state index in [1.165, 1.54) is 0 Å². The van der Waals surface area contributed by atoms with Crippen molar-refractivity contribution < 1.29 is 35.2 Å². The quantitative estimate of drug-likeness (QED) is 0.522. The van der Waals surface area contributed by atoms with Crippen LogP contribution in [-0.4, -0.2) is 39.1 Å². The van der Waals surface area contributed by atoms with Gasteiger partial charge in [-0.25, -0.2) is 13.0 Å². The van der Waals surface area contributed by atoms with Crippen molar-refractivity contribution in [3.05, 3.63) is 29.3 Å². The summed E-state index contributed by atoms with van der Waals surface area (Å²) >= 11 is 5.77. The van der Waals surface area contributed by atoms with Gasteiger partial charge in [-0.05, 0) is 43.5 Å². The van der Waals surface area contributed by atoms with Crippen molar-refractivity contribution in [3.63, 3.8) is 0 Å². The zero-order chi connectivity index (χ0) is 18.7. The van der Waals surface area contributed by atoms with E-state index in [1.807, 2.05) is 0 Å². The first kappa shape index (κ1) is 20.4. The van der Waals surface area contributed by atoms with Gasteiger partial charge in [0.1, 0.15) is 23.7 Å². The van der Waals surface area contributed by atoms with Gasteiger partial charge in [0.05, 0.1) is 10.5 Å². The van der Waals surface area contributed by atoms with E-state index in [4.69, 9.17) is 20.5 Å². The summed E-state index contributed by atoms with van der Waals surface area (Å²) in [6, 6.07) is 6.38. The lowest BCUT2D eigenvalue weighted by molar-refractivity contribution is -0.113. The summed E-state index contributed by atoms with van der Waals surface area (Å²) in [5.41, 5.74) is 0. The molecule has 0 bridgehead atoms. The predicted molar refractivity (Wildman–Crippen MR) is 87.2 cm³/mol. The van der Waals surface area contributed by atoms with Gasteiger partial charge in [-0.2, -0.15) is 8.78 Å². The normalized spacial score (nSPS) is 22.8. The predicted octanol–water partition coefficient (Wildman–Crippen LogP) is 4.35. The average Bonchev–Trinajstić information content (AvgIpc) is 2.50. The fourth-order valence-electron chi connectivity index (χ4n) is 2.59. The van der Waals surface area contributed by atoms with Crippen LogP contribution in [0.5, 0.6) is 5.75 Å². The summed E-state index contributed by atoms with van der Waals surface area (Å²) in [6.45, 7) is 0. The standard InChI is InChI=1S/C15H19ClF4O4S/c16-10-5-7-11(8-6-10)23-12-3-1-2-4-13(12)24-25(21,22)9-15(19,20)14(17)18/h5-8,12-14,25H,1-4,9H2,(H,21,22)/t12-,13-/m0/s1. The molecule has 0 aromatic heterocycles. The lowest BCUT2D eigenvalue weighted by atomic mass is 9.95. The maximum Gasteiger partial charge on any atom is 0.321 e. The molecule has 0 spiro atoms. The number of rotatable bonds is 7. The molecule has 2 atom stereocenters. The van der Waals surface area contributed by atoms with Crippen molar-refractivity contribution in [2.24, 2.45) is 0 Å². The van der Waals surface area contributed by atoms with Crippen LogP contribution >= 0.6 is 11.6 Å². The summed E-state index contributed by atoms with van der Waals surface area (Å²) in [4.78, 5) is 0. The molecule has 0 saturated heterocycles. The molecule has 1 N–H and O–H groups in total. The molecule has 0 heterocycles. The van der Waals surface area contributed by atoms with Gasteiger partial charge in [-0.15, -0.1) is 0 Å². The Balaban J connectivity index is 2.04. The molecule has 0 amide bonds. The van der Waals surface area contributed by atoms with E-state index in [-0.39, 0.29) is 0 Å². The molecule has 1 saturated carbocycles. The van der Waals surface area contributed by atoms with Gasteiger partial charge in [-0.3, -0.25) is 4.18 Å². The summed E-state index contributed by atoms with van der Waals surface area (Å²) in [5, 5.41) is 0.498. The van der Waals surface area contributed by atoms with E-state index in [1.54, 1.807) is 24.3 Å². The Labute approximate surface area is 148 Å². The molecule has 144 valence electrons. The van der Waals surface area contributed by atoms with Crippen LogP contribution in [0.2, 0.25) is 5.02 Å². The fraction of sp³-hybridized carbons (Fsp3) is 0.600. The minimum Gasteiger partial charge on any atom is -0.488 e. The summed E-state index contributed by atoms with van der Waals surface area (Å²) < 4.78 is 82.8. The van der Waals surface area contributed by atoms with Crippen molar-refractivity contribution >= 4 is 22.1 Å². The zero-order valence-corrected chi connectivity index (χ0v) is 14.7. The number of ether oxygens (including phenoxy) is 1. The van der Waals surface area contributed by atoms with E-state index in [9.17, 15) is 26.3 Å². The zero-order valence-electron chi connectivity index (χ0n) is 13.1. The molecule has 0 radical (unpaired) electrons. The highest BCUT2D eigenvalue weighted by Gasteiger charge is 2.46. The maximum absolute atomic E-state index is 13.1. The number of alkyl halides is 4. The maximum atomic E-state index is 13.1. The molecule has 1 aromatic carbocycles. The van der Waals surface area contributed by atoms with Gasteiger partial charge < -0.3 is 9.29 Å². The van der Waals surface area contributed by atoms with Crippen LogP contribution in [0.15, 0.2) is 24.3 Å². The molecular weight excluding hydrogens is 388 g/mol. The van der Waals surface area contributed by atoms with Crippen molar-refractivity contribution in [1.29, 1.82) is 0 Å². The van der Waals surface area contributed by atoms with Gasteiger partial charge in [0.15, 0.2) is 0 Å². The topological polar surface area (TPSA) is 55.8 Å². The molecule has 1 aliphatic rings. The lowest BCUT2D eigenvalue weighted by Crippen LogP contribution is -2.44. The molecular formula is C15H19ClF4O4S. The van der Waals surface area contributed by atoms with Crippen LogP contribution in [0.3, 0.4) is 0 Å². The molecule has 1 aromatic rings. The SMILES string of the molecule is O=[SH](O)(CC(F)(F)C(F)F)O[C@H]1CCCC[C@@H]1Oc1ccc(Cl)cc1. The second kappa shape index (κ2) is 8.20. The van der Waals surface area contributed by atoms with E-state index in [2.05, 4.69) is 0 Å². The molecule has 1 fully saturated rings. The Morgan fingerprint density at radius 2 is 1.76 bits per heavy atom. The Morgan fingerprint density at radius 1 is 1.20 bits per heavy atom. The van der Waals surface area contributed by atoms with E-state index < -0.39 is 40.8 Å². The molecule has 25 heavy (non-hydrogen) atoms. The number of benzene rings is 1. The number of hydrogen-bond donors (Lipinski definition) is 2. The van der Waals surface area contributed by atoms with Crippen LogP contribution in [0.4, 0.5) is 17.6 Å². The summed E-state index contributed by atoms with van der Waals surface area (Å²) in [7, 11) is -4.92. The van der Waals surface area contributed by atoms with Gasteiger partial charge in [0.2, 0.25) is 0 Å². The van der Waals surface area contributed by atoms with Crippen LogP contribution in [0.25, 0.3) is 0 Å². The van der Waals surface area contributed by atoms with Gasteiger partial charge in [0.25, 0.3) is 0 Å². The van der Waals surface area contributed by atoms with Crippen molar-refractivity contribution in [1.82, 2.24) is 0 Å². The van der Waals surface area contributed by atoms with Gasteiger partial charge in [0, 0.05) is 5.02 Å². The van der Waals surface area contributed by atoms with Crippen LogP contribution in [0.1, 0.15) is 25.7 Å². The highest BCUT2D eigenvalue weighted by Crippen LogP contribution is 2.32. The molecule has 0 aliphatic heterocycles. The second-order valence-electron chi connectivity index (χ2n) is 5.90. The minimum absolute atomic E-state index is 0.309. The number of thiol groups is 1. The van der Waals surface area contributed by atoms with E-state index >= 15 is 0 Å². The first-order valence-corrected chi connectivity index (χ1v) is 9.81.